The normalized spacial score (nSPS) is 22.4. The van der Waals surface area contributed by atoms with Crippen molar-refractivity contribution >= 4 is 40.5 Å². The number of amides is 1. The van der Waals surface area contributed by atoms with E-state index in [1.807, 2.05) is 13.6 Å². The zero-order valence-corrected chi connectivity index (χ0v) is 14.0. The fourth-order valence-corrected chi connectivity index (χ4v) is 5.30. The number of esters is 1. The molecule has 0 spiro atoms. The van der Waals surface area contributed by atoms with Gasteiger partial charge in [-0.2, -0.15) is 0 Å². The van der Waals surface area contributed by atoms with Crippen molar-refractivity contribution in [2.75, 3.05) is 25.8 Å². The van der Waals surface area contributed by atoms with Crippen LogP contribution in [-0.2, 0) is 30.7 Å². The molecule has 0 aromatic rings. The largest absolute Gasteiger partial charge is 0.464 e. The lowest BCUT2D eigenvalue weighted by Gasteiger charge is -2.25. The first-order valence-corrected chi connectivity index (χ1v) is 11.0. The minimum Gasteiger partial charge on any atom is -0.464 e. The summed E-state index contributed by atoms with van der Waals surface area (Å²) < 4.78 is 10.5. The Morgan fingerprint density at radius 1 is 1.53 bits per heavy atom. The van der Waals surface area contributed by atoms with Gasteiger partial charge in [-0.15, -0.1) is 0 Å². The summed E-state index contributed by atoms with van der Waals surface area (Å²) in [7, 11) is 0. The second kappa shape index (κ2) is 7.62. The van der Waals surface area contributed by atoms with Crippen molar-refractivity contribution in [1.82, 2.24) is 4.90 Å². The highest BCUT2D eigenvalue weighted by atomic mass is 32.9. The summed E-state index contributed by atoms with van der Waals surface area (Å²) in [5.41, 5.74) is -1.94. The van der Waals surface area contributed by atoms with Gasteiger partial charge in [-0.25, -0.2) is 4.79 Å². The van der Waals surface area contributed by atoms with Gasteiger partial charge in [-0.3, -0.25) is 4.79 Å². The molecule has 0 aliphatic carbocycles. The summed E-state index contributed by atoms with van der Waals surface area (Å²) in [6, 6.07) is -0.462. The van der Waals surface area contributed by atoms with Crippen molar-refractivity contribution in [3.8, 4) is 0 Å². The van der Waals surface area contributed by atoms with E-state index in [1.165, 1.54) is 11.4 Å². The Morgan fingerprint density at radius 2 is 2.21 bits per heavy atom. The third-order valence-electron chi connectivity index (χ3n) is 2.68. The van der Waals surface area contributed by atoms with Crippen LogP contribution in [0, 0.1) is 0 Å². The van der Waals surface area contributed by atoms with Crippen molar-refractivity contribution < 1.29 is 18.8 Å². The Hall–Kier alpha value is -0.100. The van der Waals surface area contributed by atoms with Crippen molar-refractivity contribution in [2.45, 2.75) is 32.7 Å². The molecule has 8 heteroatoms. The van der Waals surface area contributed by atoms with Crippen LogP contribution in [-0.4, -0.2) is 48.6 Å². The van der Waals surface area contributed by atoms with Gasteiger partial charge in [0.2, 0.25) is 5.91 Å². The lowest BCUT2D eigenvalue weighted by molar-refractivity contribution is -0.150. The molecule has 1 heterocycles. The zero-order valence-electron chi connectivity index (χ0n) is 11.5. The highest BCUT2D eigenvalue weighted by Gasteiger charge is 2.37. The standard InChI is InChI=1S/C11H20NO4PS2/c1-4-15-11(14)9-6-7-10(13)12(9)8-19-17(3,18)16-5-2/h9H,4-8H2,1-3H3. The minimum absolute atomic E-state index is 0.0166. The van der Waals surface area contributed by atoms with Crippen LogP contribution >= 0.6 is 16.8 Å². The number of nitrogens with zero attached hydrogens (tertiary/aromatic N) is 1. The number of carbonyl (C=O) groups excluding carboxylic acids is 2. The molecule has 2 atom stereocenters. The summed E-state index contributed by atoms with van der Waals surface area (Å²) in [6.45, 7) is 6.43. The minimum atomic E-state index is -1.94. The van der Waals surface area contributed by atoms with E-state index in [4.69, 9.17) is 21.1 Å². The molecule has 1 fully saturated rings. The lowest BCUT2D eigenvalue weighted by atomic mass is 10.2. The number of hydrogen-bond donors (Lipinski definition) is 0. The summed E-state index contributed by atoms with van der Waals surface area (Å²) in [5.74, 6) is 0.0580. The maximum absolute atomic E-state index is 11.8. The highest BCUT2D eigenvalue weighted by Crippen LogP contribution is 2.56. The van der Waals surface area contributed by atoms with E-state index < -0.39 is 11.5 Å². The van der Waals surface area contributed by atoms with Crippen molar-refractivity contribution in [1.29, 1.82) is 0 Å². The summed E-state index contributed by atoms with van der Waals surface area (Å²) in [4.78, 5) is 25.2. The Morgan fingerprint density at radius 3 is 2.79 bits per heavy atom. The Kier molecular flexibility index (Phi) is 6.80. The third-order valence-corrected chi connectivity index (χ3v) is 7.61. The van der Waals surface area contributed by atoms with Crippen molar-refractivity contribution in [3.05, 3.63) is 0 Å². The van der Waals surface area contributed by atoms with E-state index in [0.29, 0.717) is 31.9 Å². The van der Waals surface area contributed by atoms with Crippen LogP contribution in [0.5, 0.6) is 0 Å². The molecule has 0 aromatic heterocycles. The van der Waals surface area contributed by atoms with E-state index >= 15 is 0 Å². The molecular formula is C11H20NO4PS2. The van der Waals surface area contributed by atoms with Crippen LogP contribution in [0.3, 0.4) is 0 Å². The monoisotopic (exact) mass is 325 g/mol. The molecule has 0 bridgehead atoms. The van der Waals surface area contributed by atoms with Gasteiger partial charge in [0.05, 0.1) is 12.5 Å². The van der Waals surface area contributed by atoms with Crippen LogP contribution < -0.4 is 0 Å². The van der Waals surface area contributed by atoms with E-state index in [1.54, 1.807) is 11.8 Å². The predicted octanol–water partition coefficient (Wildman–Crippen LogP) is 2.21. The van der Waals surface area contributed by atoms with E-state index in [-0.39, 0.29) is 11.9 Å². The number of ether oxygens (including phenoxy) is 1. The van der Waals surface area contributed by atoms with Crippen LogP contribution in [0.2, 0.25) is 0 Å². The molecule has 0 N–H and O–H groups in total. The highest BCUT2D eigenvalue weighted by molar-refractivity contribution is 8.69. The molecule has 110 valence electrons. The van der Waals surface area contributed by atoms with E-state index in [2.05, 4.69) is 0 Å². The summed E-state index contributed by atoms with van der Waals surface area (Å²) >= 11 is 6.81. The van der Waals surface area contributed by atoms with Crippen molar-refractivity contribution in [3.63, 3.8) is 0 Å². The first-order valence-electron chi connectivity index (χ1n) is 6.24. The molecule has 5 nitrogen and oxygen atoms in total. The van der Waals surface area contributed by atoms with Crippen LogP contribution in [0.4, 0.5) is 0 Å². The van der Waals surface area contributed by atoms with Crippen LogP contribution in [0.1, 0.15) is 26.7 Å². The number of carbonyl (C=O) groups is 2. The first-order chi connectivity index (χ1) is 8.91. The number of rotatable bonds is 7. The zero-order chi connectivity index (χ0) is 14.5. The molecule has 0 aromatic carbocycles. The lowest BCUT2D eigenvalue weighted by Crippen LogP contribution is -2.39. The molecule has 0 saturated carbocycles. The Bertz CT molecular complexity index is 391. The average Bonchev–Trinajstić information content (AvgIpc) is 2.68. The molecule has 1 rings (SSSR count). The van der Waals surface area contributed by atoms with Gasteiger partial charge in [0, 0.05) is 13.0 Å². The molecule has 1 aliphatic heterocycles. The summed E-state index contributed by atoms with van der Waals surface area (Å²) in [6.07, 6.45) is 0.921. The van der Waals surface area contributed by atoms with Gasteiger partial charge in [0.15, 0.2) is 0 Å². The molecule has 19 heavy (non-hydrogen) atoms. The van der Waals surface area contributed by atoms with Gasteiger partial charge in [0.25, 0.3) is 0 Å². The first kappa shape index (κ1) is 17.0. The molecular weight excluding hydrogens is 305 g/mol. The van der Waals surface area contributed by atoms with Gasteiger partial charge >= 0.3 is 5.97 Å². The van der Waals surface area contributed by atoms with Crippen LogP contribution in [0.15, 0.2) is 0 Å². The molecule has 1 amide bonds. The fraction of sp³-hybridized carbons (Fsp3) is 0.818. The fourth-order valence-electron chi connectivity index (χ4n) is 1.82. The maximum atomic E-state index is 11.8. The second-order valence-electron chi connectivity index (χ2n) is 4.12. The number of hydrogen-bond acceptors (Lipinski definition) is 6. The average molecular weight is 325 g/mol. The number of likely N-dealkylation sites (tertiary alicyclic amines) is 1. The van der Waals surface area contributed by atoms with Gasteiger partial charge in [-0.05, 0) is 26.9 Å². The van der Waals surface area contributed by atoms with Gasteiger partial charge in [-0.1, -0.05) is 23.2 Å². The second-order valence-corrected chi connectivity index (χ2v) is 12.1. The Balaban J connectivity index is 2.60. The SMILES string of the molecule is CCOC(=O)C1CCC(=O)N1CSP(C)(=S)OCC. The van der Waals surface area contributed by atoms with Crippen molar-refractivity contribution in [2.24, 2.45) is 0 Å². The van der Waals surface area contributed by atoms with E-state index in [9.17, 15) is 9.59 Å². The maximum Gasteiger partial charge on any atom is 0.328 e. The van der Waals surface area contributed by atoms with E-state index in [0.717, 1.165) is 0 Å². The van der Waals surface area contributed by atoms with Gasteiger partial charge < -0.3 is 14.2 Å². The molecule has 0 radical (unpaired) electrons. The quantitative estimate of drug-likeness (QED) is 0.528. The topological polar surface area (TPSA) is 55.8 Å². The molecule has 1 saturated heterocycles. The molecule has 1 aliphatic rings. The smallest absolute Gasteiger partial charge is 0.328 e. The third kappa shape index (κ3) is 5.06. The predicted molar refractivity (Wildman–Crippen MR) is 80.8 cm³/mol. The van der Waals surface area contributed by atoms with Crippen LogP contribution in [0.25, 0.3) is 0 Å². The Labute approximate surface area is 123 Å². The molecule has 2 unspecified atom stereocenters. The van der Waals surface area contributed by atoms with Gasteiger partial charge in [0.1, 0.15) is 11.5 Å². The summed E-state index contributed by atoms with van der Waals surface area (Å²) in [5, 5.41) is 0.